The van der Waals surface area contributed by atoms with Gasteiger partial charge < -0.3 is 15.2 Å². The maximum atomic E-state index is 11.4. The van der Waals surface area contributed by atoms with Crippen LogP contribution < -0.4 is 5.32 Å². The van der Waals surface area contributed by atoms with Crippen LogP contribution in [0.3, 0.4) is 0 Å². The molecule has 5 nitrogen and oxygen atoms in total. The van der Waals surface area contributed by atoms with Crippen molar-refractivity contribution in [2.45, 2.75) is 33.6 Å². The molecule has 2 N–H and O–H groups in total. The van der Waals surface area contributed by atoms with Crippen molar-refractivity contribution >= 4 is 11.9 Å². The molecule has 0 unspecified atom stereocenters. The van der Waals surface area contributed by atoms with Gasteiger partial charge in [0.1, 0.15) is 0 Å². The van der Waals surface area contributed by atoms with E-state index in [1.807, 2.05) is 6.92 Å². The number of carboxylic acid groups (broad SMARTS) is 1. The van der Waals surface area contributed by atoms with Gasteiger partial charge in [-0.1, -0.05) is 13.8 Å². The van der Waals surface area contributed by atoms with Gasteiger partial charge in [0, 0.05) is 19.6 Å². The lowest BCUT2D eigenvalue weighted by Gasteiger charge is -2.21. The number of amides is 1. The Bertz CT molecular complexity index is 238. The Morgan fingerprint density at radius 3 is 2.44 bits per heavy atom. The van der Waals surface area contributed by atoms with E-state index in [4.69, 9.17) is 9.84 Å². The molecule has 0 heterocycles. The van der Waals surface area contributed by atoms with Crippen LogP contribution in [0, 0.1) is 5.41 Å². The standard InChI is InChI=1S/C11H21NO4/c1-4-16-6-5-12-9(13)7-11(2,3)8-10(14)15/h4-8H2,1-3H3,(H,12,13)(H,14,15). The number of ether oxygens (including phenoxy) is 1. The Kier molecular flexibility index (Phi) is 6.72. The van der Waals surface area contributed by atoms with Gasteiger partial charge in [-0.05, 0) is 12.3 Å². The summed E-state index contributed by atoms with van der Waals surface area (Å²) in [5, 5.41) is 11.3. The molecule has 0 saturated carbocycles. The van der Waals surface area contributed by atoms with Crippen LogP contribution in [0.2, 0.25) is 0 Å². The molecule has 94 valence electrons. The second-order valence-corrected chi connectivity index (χ2v) is 4.46. The molecule has 0 fully saturated rings. The van der Waals surface area contributed by atoms with Gasteiger partial charge in [0.25, 0.3) is 0 Å². The van der Waals surface area contributed by atoms with Crippen molar-refractivity contribution < 1.29 is 19.4 Å². The third kappa shape index (κ3) is 8.23. The van der Waals surface area contributed by atoms with Crippen molar-refractivity contribution in [1.82, 2.24) is 5.32 Å². The first kappa shape index (κ1) is 14.9. The van der Waals surface area contributed by atoms with Gasteiger partial charge in [-0.2, -0.15) is 0 Å². The summed E-state index contributed by atoms with van der Waals surface area (Å²) in [4.78, 5) is 22.0. The molecule has 0 aromatic rings. The lowest BCUT2D eigenvalue weighted by molar-refractivity contribution is -0.139. The van der Waals surface area contributed by atoms with Crippen molar-refractivity contribution in [3.8, 4) is 0 Å². The minimum atomic E-state index is -0.882. The molecular weight excluding hydrogens is 210 g/mol. The van der Waals surface area contributed by atoms with E-state index in [0.29, 0.717) is 19.8 Å². The lowest BCUT2D eigenvalue weighted by atomic mass is 9.85. The fraction of sp³-hybridized carbons (Fsp3) is 0.818. The molecule has 0 aromatic carbocycles. The minimum Gasteiger partial charge on any atom is -0.481 e. The largest absolute Gasteiger partial charge is 0.481 e. The van der Waals surface area contributed by atoms with Crippen LogP contribution >= 0.6 is 0 Å². The molecule has 0 aliphatic rings. The van der Waals surface area contributed by atoms with Crippen molar-refractivity contribution in [1.29, 1.82) is 0 Å². The molecule has 5 heteroatoms. The van der Waals surface area contributed by atoms with Crippen molar-refractivity contribution in [3.05, 3.63) is 0 Å². The predicted octanol–water partition coefficient (Wildman–Crippen LogP) is 1.03. The van der Waals surface area contributed by atoms with Crippen LogP contribution in [0.5, 0.6) is 0 Å². The number of hydrogen-bond acceptors (Lipinski definition) is 3. The van der Waals surface area contributed by atoms with Gasteiger partial charge in [0.05, 0.1) is 13.0 Å². The Balaban J connectivity index is 3.80. The number of carbonyl (C=O) groups excluding carboxylic acids is 1. The number of hydrogen-bond donors (Lipinski definition) is 2. The zero-order valence-corrected chi connectivity index (χ0v) is 10.2. The number of rotatable bonds is 8. The molecule has 0 aliphatic carbocycles. The summed E-state index contributed by atoms with van der Waals surface area (Å²) in [5.74, 6) is -1.02. The summed E-state index contributed by atoms with van der Waals surface area (Å²) < 4.78 is 5.07. The summed E-state index contributed by atoms with van der Waals surface area (Å²) in [6.45, 7) is 7.00. The molecule has 0 spiro atoms. The van der Waals surface area contributed by atoms with Crippen LogP contribution in [0.15, 0.2) is 0 Å². The summed E-state index contributed by atoms with van der Waals surface area (Å²) in [6, 6.07) is 0. The molecule has 0 aliphatic heterocycles. The van der Waals surface area contributed by atoms with Gasteiger partial charge in [0.2, 0.25) is 5.91 Å². The molecule has 1 amide bonds. The Morgan fingerprint density at radius 1 is 1.31 bits per heavy atom. The number of aliphatic carboxylic acids is 1. The second kappa shape index (κ2) is 7.22. The van der Waals surface area contributed by atoms with E-state index in [9.17, 15) is 9.59 Å². The van der Waals surface area contributed by atoms with E-state index in [1.165, 1.54) is 0 Å². The monoisotopic (exact) mass is 231 g/mol. The van der Waals surface area contributed by atoms with Crippen LogP contribution in [0.4, 0.5) is 0 Å². The van der Waals surface area contributed by atoms with Crippen LogP contribution in [-0.4, -0.2) is 36.7 Å². The Labute approximate surface area is 96.2 Å². The average Bonchev–Trinajstić information content (AvgIpc) is 2.09. The number of carboxylic acids is 1. The average molecular weight is 231 g/mol. The first-order valence-corrected chi connectivity index (χ1v) is 5.43. The molecule has 0 saturated heterocycles. The molecular formula is C11H21NO4. The fourth-order valence-corrected chi connectivity index (χ4v) is 1.38. The molecule has 0 bridgehead atoms. The molecule has 0 atom stereocenters. The molecule has 16 heavy (non-hydrogen) atoms. The van der Waals surface area contributed by atoms with E-state index >= 15 is 0 Å². The fourth-order valence-electron chi connectivity index (χ4n) is 1.38. The summed E-state index contributed by atoms with van der Waals surface area (Å²) >= 11 is 0. The SMILES string of the molecule is CCOCCNC(=O)CC(C)(C)CC(=O)O. The number of carbonyl (C=O) groups is 2. The molecule has 0 aromatic heterocycles. The van der Waals surface area contributed by atoms with E-state index in [2.05, 4.69) is 5.32 Å². The lowest BCUT2D eigenvalue weighted by Crippen LogP contribution is -2.32. The molecule has 0 rings (SSSR count). The summed E-state index contributed by atoms with van der Waals surface area (Å²) in [6.07, 6.45) is 0.206. The maximum absolute atomic E-state index is 11.4. The normalized spacial score (nSPS) is 11.2. The van der Waals surface area contributed by atoms with Gasteiger partial charge in [0.15, 0.2) is 0 Å². The highest BCUT2D eigenvalue weighted by Crippen LogP contribution is 2.24. The topological polar surface area (TPSA) is 75.6 Å². The summed E-state index contributed by atoms with van der Waals surface area (Å²) in [7, 11) is 0. The van der Waals surface area contributed by atoms with Crippen LogP contribution in [0.25, 0.3) is 0 Å². The first-order chi connectivity index (χ1) is 7.37. The Hall–Kier alpha value is -1.10. The van der Waals surface area contributed by atoms with E-state index in [0.717, 1.165) is 0 Å². The van der Waals surface area contributed by atoms with Gasteiger partial charge in [-0.15, -0.1) is 0 Å². The van der Waals surface area contributed by atoms with Crippen LogP contribution in [0.1, 0.15) is 33.6 Å². The van der Waals surface area contributed by atoms with Gasteiger partial charge >= 0.3 is 5.97 Å². The smallest absolute Gasteiger partial charge is 0.303 e. The van der Waals surface area contributed by atoms with Gasteiger partial charge in [-0.25, -0.2) is 0 Å². The predicted molar refractivity (Wildman–Crippen MR) is 60.2 cm³/mol. The van der Waals surface area contributed by atoms with Crippen molar-refractivity contribution in [2.24, 2.45) is 5.41 Å². The zero-order valence-electron chi connectivity index (χ0n) is 10.2. The third-order valence-electron chi connectivity index (χ3n) is 2.04. The van der Waals surface area contributed by atoms with Crippen molar-refractivity contribution in [2.75, 3.05) is 19.8 Å². The van der Waals surface area contributed by atoms with E-state index < -0.39 is 11.4 Å². The third-order valence-corrected chi connectivity index (χ3v) is 2.04. The van der Waals surface area contributed by atoms with Crippen molar-refractivity contribution in [3.63, 3.8) is 0 Å². The Morgan fingerprint density at radius 2 is 1.94 bits per heavy atom. The van der Waals surface area contributed by atoms with Gasteiger partial charge in [-0.3, -0.25) is 9.59 Å². The minimum absolute atomic E-state index is 0.00806. The quantitative estimate of drug-likeness (QED) is 0.612. The van der Waals surface area contributed by atoms with E-state index in [-0.39, 0.29) is 18.7 Å². The first-order valence-electron chi connectivity index (χ1n) is 5.43. The highest BCUT2D eigenvalue weighted by Gasteiger charge is 2.24. The highest BCUT2D eigenvalue weighted by atomic mass is 16.5. The highest BCUT2D eigenvalue weighted by molar-refractivity contribution is 5.77. The molecule has 0 radical (unpaired) electrons. The van der Waals surface area contributed by atoms with E-state index in [1.54, 1.807) is 13.8 Å². The maximum Gasteiger partial charge on any atom is 0.303 e. The number of nitrogens with one attached hydrogen (secondary N) is 1. The summed E-state index contributed by atoms with van der Waals surface area (Å²) in [5.41, 5.74) is -0.512. The second-order valence-electron chi connectivity index (χ2n) is 4.46. The van der Waals surface area contributed by atoms with Crippen LogP contribution in [-0.2, 0) is 14.3 Å². The zero-order chi connectivity index (χ0) is 12.6.